The summed E-state index contributed by atoms with van der Waals surface area (Å²) in [4.78, 5) is 17.2. The highest BCUT2D eigenvalue weighted by Crippen LogP contribution is 2.45. The van der Waals surface area contributed by atoms with Crippen LogP contribution in [-0.2, 0) is 4.74 Å². The number of pyridine rings is 1. The fourth-order valence-electron chi connectivity index (χ4n) is 9.78. The first-order valence-electron chi connectivity index (χ1n) is 20.3. The van der Waals surface area contributed by atoms with Crippen molar-refractivity contribution in [1.29, 1.82) is 0 Å². The zero-order chi connectivity index (χ0) is 39.9. The number of fused-ring (bicyclic) bond motifs is 4. The summed E-state index contributed by atoms with van der Waals surface area (Å²) in [6.07, 6.45) is -0.243. The average molecular weight is 762 g/mol. The van der Waals surface area contributed by atoms with Gasteiger partial charge in [-0.3, -0.25) is 9.88 Å². The SMILES string of the molecule is [2H]C([2H])(Oc1nc(N2CCCO[C@H]3[C@H](F)[C@H]32)c2cnc(-c3cccc4ccc(F)c(C#C[Si](C(C)C)(C(C)C)C(C)C)c34)c(F)c2n1)[C@@]12CCCN1C[C@H](F)C2. The molecule has 0 amide bonds. The van der Waals surface area contributed by atoms with E-state index in [1.807, 2.05) is 6.07 Å². The largest absolute Gasteiger partial charge is 0.461 e. The van der Waals surface area contributed by atoms with E-state index in [0.29, 0.717) is 71.9 Å². The quantitative estimate of drug-likeness (QED) is 0.101. The van der Waals surface area contributed by atoms with Crippen molar-refractivity contribution >= 4 is 35.6 Å². The molecule has 4 aromatic rings. The minimum absolute atomic E-state index is 0.0579. The molecule has 54 heavy (non-hydrogen) atoms. The second kappa shape index (κ2) is 14.1. The normalized spacial score (nSPS) is 26.5. The van der Waals surface area contributed by atoms with Crippen molar-refractivity contribution in [2.75, 3.05) is 37.7 Å². The van der Waals surface area contributed by atoms with E-state index in [-0.39, 0.29) is 40.9 Å². The topological polar surface area (TPSA) is 63.6 Å². The number of halogens is 4. The van der Waals surface area contributed by atoms with Crippen LogP contribution >= 0.6 is 0 Å². The van der Waals surface area contributed by atoms with Gasteiger partial charge >= 0.3 is 6.01 Å². The molecule has 4 fully saturated rings. The number of anilines is 1. The predicted molar refractivity (Wildman–Crippen MR) is 207 cm³/mol. The zero-order valence-corrected chi connectivity index (χ0v) is 32.7. The van der Waals surface area contributed by atoms with Crippen LogP contribution in [0.5, 0.6) is 6.01 Å². The fourth-order valence-corrected chi connectivity index (χ4v) is 15.0. The molecule has 8 rings (SSSR count). The van der Waals surface area contributed by atoms with Gasteiger partial charge in [0.1, 0.15) is 49.8 Å². The summed E-state index contributed by atoms with van der Waals surface area (Å²) in [6, 6.07) is 7.14. The van der Waals surface area contributed by atoms with Crippen molar-refractivity contribution in [2.45, 2.75) is 114 Å². The molecule has 0 bridgehead atoms. The number of aromatic nitrogens is 3. The van der Waals surface area contributed by atoms with Crippen molar-refractivity contribution in [1.82, 2.24) is 19.9 Å². The van der Waals surface area contributed by atoms with Crippen molar-refractivity contribution < 1.29 is 29.8 Å². The summed E-state index contributed by atoms with van der Waals surface area (Å²) < 4.78 is 93.4. The summed E-state index contributed by atoms with van der Waals surface area (Å²) in [5, 5.41) is 1.25. The standard InChI is InChI=1S/C42H49F4N5O2Si/c1-24(2)54(25(3)4,26(5)6)19-14-29-32(44)13-12-27-10-7-11-30(33(27)29)36-34(45)37-31(21-47-36)40(51-17-9-18-52-39-35(46)38(39)51)49-41(48-37)53-23-42-15-8-16-50(42)22-28(43)20-42/h7,10-13,21,24-26,28,35,38-39H,8-9,15-18,20,22-23H2,1-6H3/t28-,35-,38-,39+,42+/m1/s1/i23D2. The molecule has 7 nitrogen and oxygen atoms in total. The molecule has 0 spiro atoms. The molecule has 3 saturated heterocycles. The first kappa shape index (κ1) is 34.7. The van der Waals surface area contributed by atoms with Crippen molar-refractivity contribution in [3.8, 4) is 28.7 Å². The molecule has 0 N–H and O–H groups in total. The first-order valence-corrected chi connectivity index (χ1v) is 21.6. The van der Waals surface area contributed by atoms with Crippen molar-refractivity contribution in [3.63, 3.8) is 0 Å². The lowest BCUT2D eigenvalue weighted by Gasteiger charge is -2.38. The Morgan fingerprint density at radius 3 is 2.57 bits per heavy atom. The number of benzene rings is 2. The molecule has 1 aliphatic carbocycles. The molecule has 2 aromatic heterocycles. The van der Waals surface area contributed by atoms with Gasteiger partial charge in [0.15, 0.2) is 12.0 Å². The molecule has 12 heteroatoms. The highest BCUT2D eigenvalue weighted by molar-refractivity contribution is 6.90. The molecule has 0 unspecified atom stereocenters. The van der Waals surface area contributed by atoms with Gasteiger partial charge in [0.2, 0.25) is 0 Å². The molecule has 0 radical (unpaired) electrons. The van der Waals surface area contributed by atoms with E-state index in [4.69, 9.17) is 12.2 Å². The lowest BCUT2D eigenvalue weighted by molar-refractivity contribution is 0.105. The molecule has 4 aliphatic rings. The number of ether oxygens (including phenoxy) is 2. The number of nitrogens with zero attached hydrogens (tertiary/aromatic N) is 5. The van der Waals surface area contributed by atoms with E-state index in [1.54, 1.807) is 28.0 Å². The van der Waals surface area contributed by atoms with Crippen molar-refractivity contribution in [2.24, 2.45) is 0 Å². The zero-order valence-electron chi connectivity index (χ0n) is 33.7. The Hall–Kier alpha value is -3.79. The smallest absolute Gasteiger partial charge is 0.319 e. The van der Waals surface area contributed by atoms with Gasteiger partial charge in [-0.1, -0.05) is 71.7 Å². The maximum atomic E-state index is 17.4. The number of hydrogen-bond donors (Lipinski definition) is 0. The van der Waals surface area contributed by atoms with Crippen LogP contribution in [0, 0.1) is 23.1 Å². The number of rotatable bonds is 8. The summed E-state index contributed by atoms with van der Waals surface area (Å²) in [5.41, 5.74) is 3.44. The summed E-state index contributed by atoms with van der Waals surface area (Å²) >= 11 is 0. The van der Waals surface area contributed by atoms with E-state index in [2.05, 4.69) is 68.0 Å². The van der Waals surface area contributed by atoms with Crippen LogP contribution in [0.4, 0.5) is 23.4 Å². The Morgan fingerprint density at radius 2 is 1.81 bits per heavy atom. The molecule has 286 valence electrons. The van der Waals surface area contributed by atoms with E-state index < -0.39 is 62.3 Å². The Labute approximate surface area is 318 Å². The molecule has 2 aromatic carbocycles. The third-order valence-corrected chi connectivity index (χ3v) is 18.7. The van der Waals surface area contributed by atoms with Gasteiger partial charge in [0.05, 0.1) is 25.3 Å². The van der Waals surface area contributed by atoms with Gasteiger partial charge in [-0.2, -0.15) is 9.97 Å². The maximum Gasteiger partial charge on any atom is 0.319 e. The molecule has 3 aliphatic heterocycles. The van der Waals surface area contributed by atoms with Gasteiger partial charge in [-0.15, -0.1) is 5.54 Å². The molecule has 1 saturated carbocycles. The van der Waals surface area contributed by atoms with Gasteiger partial charge in [-0.25, -0.2) is 17.6 Å². The Bertz CT molecular complexity index is 2230. The highest BCUT2D eigenvalue weighted by Gasteiger charge is 2.58. The van der Waals surface area contributed by atoms with Crippen LogP contribution in [0.15, 0.2) is 36.5 Å². The van der Waals surface area contributed by atoms with Crippen LogP contribution in [0.1, 0.15) is 75.5 Å². The van der Waals surface area contributed by atoms with Crippen LogP contribution in [-0.4, -0.2) is 90.8 Å². The second-order valence-corrected chi connectivity index (χ2v) is 22.0. The minimum atomic E-state index is -2.45. The van der Waals surface area contributed by atoms with E-state index >= 15 is 13.2 Å². The Balaban J connectivity index is 1.31. The van der Waals surface area contributed by atoms with Gasteiger partial charge in [0.25, 0.3) is 0 Å². The molecule has 5 heterocycles. The molecular formula is C42H49F4N5O2Si. The fraction of sp³-hybridized carbons (Fsp3) is 0.548. The van der Waals surface area contributed by atoms with Crippen molar-refractivity contribution in [3.05, 3.63) is 53.7 Å². The van der Waals surface area contributed by atoms with E-state index in [1.165, 1.54) is 12.3 Å². The van der Waals surface area contributed by atoms with Crippen LogP contribution < -0.4 is 9.64 Å². The molecule has 5 atom stereocenters. The minimum Gasteiger partial charge on any atom is -0.461 e. The number of hydrogen-bond acceptors (Lipinski definition) is 7. The predicted octanol–water partition coefficient (Wildman–Crippen LogP) is 8.96. The van der Waals surface area contributed by atoms with Crippen LogP contribution in [0.2, 0.25) is 16.6 Å². The molecular weight excluding hydrogens is 711 g/mol. The highest BCUT2D eigenvalue weighted by atomic mass is 28.3. The summed E-state index contributed by atoms with van der Waals surface area (Å²) in [7, 11) is -2.29. The third-order valence-electron chi connectivity index (χ3n) is 12.4. The Kier molecular flexibility index (Phi) is 9.02. The van der Waals surface area contributed by atoms with Crippen LogP contribution in [0.25, 0.3) is 32.9 Å². The van der Waals surface area contributed by atoms with Gasteiger partial charge in [0, 0.05) is 43.3 Å². The lowest BCUT2D eigenvalue weighted by Crippen LogP contribution is -2.43. The first-order chi connectivity index (χ1) is 26.6. The van der Waals surface area contributed by atoms with Crippen LogP contribution in [0.3, 0.4) is 0 Å². The van der Waals surface area contributed by atoms with E-state index in [9.17, 15) is 4.39 Å². The van der Waals surface area contributed by atoms with E-state index in [0.717, 1.165) is 0 Å². The lowest BCUT2D eigenvalue weighted by atomic mass is 9.95. The average Bonchev–Trinajstić information content (AvgIpc) is 3.50. The van der Waals surface area contributed by atoms with Gasteiger partial charge < -0.3 is 14.4 Å². The Morgan fingerprint density at radius 1 is 1.04 bits per heavy atom. The monoisotopic (exact) mass is 761 g/mol. The second-order valence-electron chi connectivity index (χ2n) is 16.4. The van der Waals surface area contributed by atoms with Gasteiger partial charge in [-0.05, 0) is 53.9 Å². The summed E-state index contributed by atoms with van der Waals surface area (Å²) in [5.74, 6) is 2.04. The number of alkyl halides is 2. The maximum absolute atomic E-state index is 17.4. The summed E-state index contributed by atoms with van der Waals surface area (Å²) in [6.45, 7) is 12.0. The third kappa shape index (κ3) is 6.05.